The molecule has 126 valence electrons. The summed E-state index contributed by atoms with van der Waals surface area (Å²) in [5, 5.41) is 3.41. The van der Waals surface area contributed by atoms with Gasteiger partial charge in [0.1, 0.15) is 10.9 Å². The molecular weight excluding hydrogens is 324 g/mol. The SMILES string of the molecule is CSc1nc(C(C)C)nc(C)c1C(=O)Nc1cccc(C(N)=O)c1. The van der Waals surface area contributed by atoms with E-state index in [9.17, 15) is 9.59 Å². The van der Waals surface area contributed by atoms with Crippen LogP contribution in [-0.4, -0.2) is 28.0 Å². The van der Waals surface area contributed by atoms with Gasteiger partial charge in [-0.05, 0) is 31.4 Å². The molecule has 0 unspecified atom stereocenters. The first-order valence-corrected chi connectivity index (χ1v) is 8.69. The Labute approximate surface area is 145 Å². The van der Waals surface area contributed by atoms with Crippen molar-refractivity contribution in [1.82, 2.24) is 9.97 Å². The number of nitrogens with two attached hydrogens (primary N) is 1. The van der Waals surface area contributed by atoms with Gasteiger partial charge in [-0.2, -0.15) is 0 Å². The van der Waals surface area contributed by atoms with Crippen molar-refractivity contribution in [2.24, 2.45) is 5.73 Å². The lowest BCUT2D eigenvalue weighted by atomic mass is 10.1. The van der Waals surface area contributed by atoms with E-state index in [0.717, 1.165) is 0 Å². The Balaban J connectivity index is 2.36. The van der Waals surface area contributed by atoms with E-state index >= 15 is 0 Å². The quantitative estimate of drug-likeness (QED) is 0.642. The number of aryl methyl sites for hydroxylation is 1. The Morgan fingerprint density at radius 2 is 1.96 bits per heavy atom. The maximum absolute atomic E-state index is 12.7. The third-order valence-corrected chi connectivity index (χ3v) is 4.10. The van der Waals surface area contributed by atoms with E-state index in [4.69, 9.17) is 5.73 Å². The number of hydrogen-bond donors (Lipinski definition) is 2. The molecular formula is C17H20N4O2S. The standard InChI is InChI=1S/C17H20N4O2S/c1-9(2)15-19-10(3)13(17(21-15)24-4)16(23)20-12-7-5-6-11(8-12)14(18)22/h5-9H,1-4H3,(H2,18,22)(H,20,23). The lowest BCUT2D eigenvalue weighted by molar-refractivity contribution is 0.0995. The minimum absolute atomic E-state index is 0.180. The second-order valence-corrected chi connectivity index (χ2v) is 6.40. The van der Waals surface area contributed by atoms with Crippen molar-refractivity contribution in [3.8, 4) is 0 Å². The van der Waals surface area contributed by atoms with Crippen LogP contribution >= 0.6 is 11.8 Å². The molecule has 1 aromatic heterocycles. The summed E-state index contributed by atoms with van der Waals surface area (Å²) in [7, 11) is 0. The molecule has 0 fully saturated rings. The smallest absolute Gasteiger partial charge is 0.260 e. The van der Waals surface area contributed by atoms with Crippen LogP contribution in [0.4, 0.5) is 5.69 Å². The molecule has 0 aliphatic heterocycles. The number of nitrogens with zero attached hydrogens (tertiary/aromatic N) is 2. The predicted octanol–water partition coefficient (Wildman–Crippen LogP) is 2.98. The van der Waals surface area contributed by atoms with E-state index in [0.29, 0.717) is 33.4 Å². The molecule has 2 aromatic rings. The van der Waals surface area contributed by atoms with Crippen molar-refractivity contribution in [2.45, 2.75) is 31.7 Å². The number of primary amides is 1. The summed E-state index contributed by atoms with van der Waals surface area (Å²) in [5.74, 6) is 0.0357. The van der Waals surface area contributed by atoms with E-state index in [1.807, 2.05) is 20.1 Å². The zero-order chi connectivity index (χ0) is 17.9. The van der Waals surface area contributed by atoms with Gasteiger partial charge in [-0.25, -0.2) is 9.97 Å². The summed E-state index contributed by atoms with van der Waals surface area (Å²) in [6, 6.07) is 6.49. The average Bonchev–Trinajstić information content (AvgIpc) is 2.53. The molecule has 1 aromatic carbocycles. The minimum Gasteiger partial charge on any atom is -0.366 e. The molecule has 6 nitrogen and oxygen atoms in total. The van der Waals surface area contributed by atoms with Crippen molar-refractivity contribution in [3.63, 3.8) is 0 Å². The summed E-state index contributed by atoms with van der Waals surface area (Å²) >= 11 is 1.40. The molecule has 2 rings (SSSR count). The number of anilines is 1. The molecule has 0 radical (unpaired) electrons. The number of aromatic nitrogens is 2. The summed E-state index contributed by atoms with van der Waals surface area (Å²) < 4.78 is 0. The van der Waals surface area contributed by atoms with Crippen LogP contribution in [0.2, 0.25) is 0 Å². The van der Waals surface area contributed by atoms with Crippen LogP contribution in [0.5, 0.6) is 0 Å². The maximum atomic E-state index is 12.7. The monoisotopic (exact) mass is 344 g/mol. The van der Waals surface area contributed by atoms with Crippen LogP contribution in [0.3, 0.4) is 0 Å². The molecule has 3 N–H and O–H groups in total. The first-order valence-electron chi connectivity index (χ1n) is 7.47. The van der Waals surface area contributed by atoms with Crippen molar-refractivity contribution >= 4 is 29.3 Å². The fraction of sp³-hybridized carbons (Fsp3) is 0.294. The zero-order valence-electron chi connectivity index (χ0n) is 14.1. The van der Waals surface area contributed by atoms with Crippen LogP contribution in [0, 0.1) is 6.92 Å². The maximum Gasteiger partial charge on any atom is 0.260 e. The Morgan fingerprint density at radius 1 is 1.25 bits per heavy atom. The van der Waals surface area contributed by atoms with Gasteiger partial charge in [0.05, 0.1) is 11.3 Å². The molecule has 0 aliphatic rings. The highest BCUT2D eigenvalue weighted by atomic mass is 32.2. The van der Waals surface area contributed by atoms with E-state index < -0.39 is 5.91 Å². The lowest BCUT2D eigenvalue weighted by Crippen LogP contribution is -2.18. The number of rotatable bonds is 5. The van der Waals surface area contributed by atoms with E-state index in [1.165, 1.54) is 17.8 Å². The fourth-order valence-corrected chi connectivity index (χ4v) is 2.81. The third kappa shape index (κ3) is 3.91. The van der Waals surface area contributed by atoms with Gasteiger partial charge >= 0.3 is 0 Å². The second kappa shape index (κ2) is 7.44. The van der Waals surface area contributed by atoms with Crippen LogP contribution in [0.15, 0.2) is 29.3 Å². The predicted molar refractivity (Wildman–Crippen MR) is 95.6 cm³/mol. The molecule has 7 heteroatoms. The average molecular weight is 344 g/mol. The highest BCUT2D eigenvalue weighted by molar-refractivity contribution is 7.98. The second-order valence-electron chi connectivity index (χ2n) is 5.61. The summed E-state index contributed by atoms with van der Waals surface area (Å²) in [6.07, 6.45) is 1.87. The van der Waals surface area contributed by atoms with E-state index in [2.05, 4.69) is 15.3 Å². The third-order valence-electron chi connectivity index (χ3n) is 3.42. The molecule has 0 saturated carbocycles. The molecule has 24 heavy (non-hydrogen) atoms. The van der Waals surface area contributed by atoms with Crippen molar-refractivity contribution in [1.29, 1.82) is 0 Å². The lowest BCUT2D eigenvalue weighted by Gasteiger charge is -2.13. The van der Waals surface area contributed by atoms with Gasteiger partial charge in [-0.15, -0.1) is 11.8 Å². The highest BCUT2D eigenvalue weighted by Crippen LogP contribution is 2.24. The van der Waals surface area contributed by atoms with Crippen LogP contribution in [0.25, 0.3) is 0 Å². The largest absolute Gasteiger partial charge is 0.366 e. The number of nitrogens with one attached hydrogen (secondary N) is 1. The van der Waals surface area contributed by atoms with Gasteiger partial charge in [0.2, 0.25) is 5.91 Å². The van der Waals surface area contributed by atoms with Crippen molar-refractivity contribution in [2.75, 3.05) is 11.6 Å². The van der Waals surface area contributed by atoms with Gasteiger partial charge in [-0.3, -0.25) is 9.59 Å². The number of hydrogen-bond acceptors (Lipinski definition) is 5. The first-order chi connectivity index (χ1) is 11.3. The van der Waals surface area contributed by atoms with E-state index in [1.54, 1.807) is 25.1 Å². The molecule has 0 bridgehead atoms. The summed E-state index contributed by atoms with van der Waals surface area (Å²) in [4.78, 5) is 32.8. The Morgan fingerprint density at radius 3 is 2.54 bits per heavy atom. The molecule has 0 saturated heterocycles. The van der Waals surface area contributed by atoms with Gasteiger partial charge in [0, 0.05) is 17.2 Å². The fourth-order valence-electron chi connectivity index (χ4n) is 2.18. The Hall–Kier alpha value is -2.41. The summed E-state index contributed by atoms with van der Waals surface area (Å²) in [5.41, 5.74) is 7.16. The topological polar surface area (TPSA) is 98.0 Å². The van der Waals surface area contributed by atoms with E-state index in [-0.39, 0.29) is 11.8 Å². The number of thioether (sulfide) groups is 1. The normalized spacial score (nSPS) is 10.7. The summed E-state index contributed by atoms with van der Waals surface area (Å²) in [6.45, 7) is 5.81. The molecule has 0 spiro atoms. The number of carbonyl (C=O) groups excluding carboxylic acids is 2. The molecule has 2 amide bonds. The Bertz CT molecular complexity index is 790. The van der Waals surface area contributed by atoms with Crippen LogP contribution in [0.1, 0.15) is 52.0 Å². The van der Waals surface area contributed by atoms with Crippen LogP contribution in [-0.2, 0) is 0 Å². The van der Waals surface area contributed by atoms with Crippen molar-refractivity contribution in [3.05, 3.63) is 46.9 Å². The number of carbonyl (C=O) groups is 2. The zero-order valence-corrected chi connectivity index (χ0v) is 14.9. The molecule has 1 heterocycles. The first kappa shape index (κ1) is 17.9. The van der Waals surface area contributed by atoms with Crippen LogP contribution < -0.4 is 11.1 Å². The number of amides is 2. The van der Waals surface area contributed by atoms with Gasteiger partial charge in [0.15, 0.2) is 0 Å². The highest BCUT2D eigenvalue weighted by Gasteiger charge is 2.19. The molecule has 0 aliphatic carbocycles. The van der Waals surface area contributed by atoms with Gasteiger partial charge in [-0.1, -0.05) is 19.9 Å². The van der Waals surface area contributed by atoms with Gasteiger partial charge < -0.3 is 11.1 Å². The molecule has 0 atom stereocenters. The Kier molecular flexibility index (Phi) is 5.56. The number of benzene rings is 1. The minimum atomic E-state index is -0.545. The van der Waals surface area contributed by atoms with Crippen molar-refractivity contribution < 1.29 is 9.59 Å². The van der Waals surface area contributed by atoms with Gasteiger partial charge in [0.25, 0.3) is 5.91 Å².